The van der Waals surface area contributed by atoms with Crippen molar-refractivity contribution in [3.05, 3.63) is 131 Å². The number of halogens is 2. The Labute approximate surface area is 218 Å². The topological polar surface area (TPSA) is 34.6 Å². The molecule has 0 aliphatic rings. The van der Waals surface area contributed by atoms with Gasteiger partial charge in [-0.1, -0.05) is 108 Å². The van der Waals surface area contributed by atoms with Crippen LogP contribution in [0, 0.1) is 0 Å². The van der Waals surface area contributed by atoms with E-state index in [1.165, 1.54) is 5.56 Å². The summed E-state index contributed by atoms with van der Waals surface area (Å²) >= 11 is 12.6. The molecule has 0 aliphatic heterocycles. The molecule has 6 heteroatoms. The van der Waals surface area contributed by atoms with Gasteiger partial charge in [0, 0.05) is 22.3 Å². The zero-order valence-electron chi connectivity index (χ0n) is 19.1. The van der Waals surface area contributed by atoms with Crippen molar-refractivity contribution in [2.45, 2.75) is 0 Å². The van der Waals surface area contributed by atoms with Gasteiger partial charge in [-0.05, 0) is 34.9 Å². The second-order valence-corrected chi connectivity index (χ2v) is 9.22. The van der Waals surface area contributed by atoms with Crippen molar-refractivity contribution in [3.63, 3.8) is 0 Å². The Kier molecular flexibility index (Phi) is 5.90. The number of benzene rings is 4. The van der Waals surface area contributed by atoms with Crippen molar-refractivity contribution in [3.8, 4) is 33.6 Å². The average Bonchev–Trinajstić information content (AvgIpc) is 3.48. The molecule has 0 radical (unpaired) electrons. The highest BCUT2D eigenvalue weighted by molar-refractivity contribution is 6.36. The molecule has 4 aromatic carbocycles. The number of nitrogens with zero attached hydrogens (tertiary/aromatic N) is 4. The minimum Gasteiger partial charge on any atom is -0.282 e. The minimum atomic E-state index is 0.552. The maximum atomic E-state index is 6.50. The largest absolute Gasteiger partial charge is 0.282 e. The predicted molar refractivity (Wildman–Crippen MR) is 149 cm³/mol. The van der Waals surface area contributed by atoms with Gasteiger partial charge >= 0.3 is 0 Å². The summed E-state index contributed by atoms with van der Waals surface area (Å²) in [5.74, 6) is 0.685. The Bertz CT molecular complexity index is 1680. The predicted octanol–water partition coefficient (Wildman–Crippen LogP) is 8.33. The maximum Gasteiger partial charge on any atom is 0.236 e. The van der Waals surface area contributed by atoms with E-state index in [1.54, 1.807) is 10.7 Å². The van der Waals surface area contributed by atoms with Crippen LogP contribution in [0.5, 0.6) is 0 Å². The van der Waals surface area contributed by atoms with Crippen LogP contribution in [-0.2, 0) is 0 Å². The molecule has 2 heterocycles. The van der Waals surface area contributed by atoms with Gasteiger partial charge in [-0.25, -0.2) is 9.66 Å². The average molecular weight is 507 g/mol. The SMILES string of the molecule is Clc1ccc(-c2cn3c(-c4ccc(-c5ccccc5)cc4)cn(/N=C\c4ccccc4)c3n2)c(Cl)c1. The molecule has 6 rings (SSSR count). The standard InChI is InChI=1S/C30H20Cl2N4/c31-25-15-16-26(27(32)17-25)28-19-35-29(24-13-11-23(12-14-24)22-9-5-2-6-10-22)20-36(30(35)34-28)33-18-21-7-3-1-4-8-21/h1-20H/b33-18-. The summed E-state index contributed by atoms with van der Waals surface area (Å²) in [5, 5.41) is 5.85. The van der Waals surface area contributed by atoms with Crippen molar-refractivity contribution >= 4 is 35.2 Å². The molecule has 0 unspecified atom stereocenters. The van der Waals surface area contributed by atoms with Gasteiger partial charge in [0.1, 0.15) is 0 Å². The fourth-order valence-electron chi connectivity index (χ4n) is 4.20. The summed E-state index contributed by atoms with van der Waals surface area (Å²) in [5.41, 5.74) is 6.94. The summed E-state index contributed by atoms with van der Waals surface area (Å²) in [7, 11) is 0. The Hall–Kier alpha value is -4.12. The first-order valence-corrected chi connectivity index (χ1v) is 12.2. The molecule has 0 bridgehead atoms. The molecule has 6 aromatic rings. The van der Waals surface area contributed by atoms with Gasteiger partial charge < -0.3 is 0 Å². The van der Waals surface area contributed by atoms with E-state index in [2.05, 4.69) is 36.4 Å². The molecule has 0 aliphatic carbocycles. The van der Waals surface area contributed by atoms with Crippen molar-refractivity contribution in [2.24, 2.45) is 5.10 Å². The minimum absolute atomic E-state index is 0.552. The van der Waals surface area contributed by atoms with Crippen molar-refractivity contribution < 1.29 is 0 Å². The number of fused-ring (bicyclic) bond motifs is 1. The van der Waals surface area contributed by atoms with E-state index in [-0.39, 0.29) is 0 Å². The second kappa shape index (κ2) is 9.50. The van der Waals surface area contributed by atoms with Gasteiger partial charge in [0.05, 0.1) is 28.8 Å². The molecule has 0 fully saturated rings. The third-order valence-corrected chi connectivity index (χ3v) is 6.57. The molecule has 0 N–H and O–H groups in total. The van der Waals surface area contributed by atoms with Gasteiger partial charge in [-0.3, -0.25) is 4.40 Å². The fourth-order valence-corrected chi connectivity index (χ4v) is 4.71. The van der Waals surface area contributed by atoms with E-state index in [0.29, 0.717) is 15.8 Å². The summed E-state index contributed by atoms with van der Waals surface area (Å²) in [6.45, 7) is 0. The molecule has 0 amide bonds. The van der Waals surface area contributed by atoms with Crippen molar-refractivity contribution in [1.29, 1.82) is 0 Å². The third-order valence-electron chi connectivity index (χ3n) is 6.02. The van der Waals surface area contributed by atoms with Crippen molar-refractivity contribution in [1.82, 2.24) is 14.1 Å². The first-order valence-electron chi connectivity index (χ1n) is 11.5. The van der Waals surface area contributed by atoms with E-state index >= 15 is 0 Å². The van der Waals surface area contributed by atoms with Crippen LogP contribution < -0.4 is 0 Å². The Morgan fingerprint density at radius 2 is 1.36 bits per heavy atom. The monoisotopic (exact) mass is 506 g/mol. The van der Waals surface area contributed by atoms with Crippen LogP contribution in [0.15, 0.2) is 121 Å². The van der Waals surface area contributed by atoms with Gasteiger partial charge in [-0.15, -0.1) is 0 Å². The number of aromatic nitrogens is 3. The lowest BCUT2D eigenvalue weighted by molar-refractivity contribution is 0.906. The van der Waals surface area contributed by atoms with Crippen LogP contribution in [0.1, 0.15) is 5.56 Å². The molecular weight excluding hydrogens is 487 g/mol. The number of rotatable bonds is 5. The first kappa shape index (κ1) is 22.4. The third kappa shape index (κ3) is 4.33. The maximum absolute atomic E-state index is 6.50. The van der Waals surface area contributed by atoms with E-state index in [0.717, 1.165) is 33.6 Å². The lowest BCUT2D eigenvalue weighted by atomic mass is 10.0. The highest BCUT2D eigenvalue weighted by atomic mass is 35.5. The molecule has 4 nitrogen and oxygen atoms in total. The lowest BCUT2D eigenvalue weighted by Crippen LogP contribution is -1.90. The molecule has 0 atom stereocenters. The summed E-state index contributed by atoms with van der Waals surface area (Å²) in [6.07, 6.45) is 5.80. The van der Waals surface area contributed by atoms with Crippen LogP contribution in [0.2, 0.25) is 10.0 Å². The molecule has 0 saturated heterocycles. The summed E-state index contributed by atoms with van der Waals surface area (Å²) < 4.78 is 3.83. The zero-order valence-corrected chi connectivity index (χ0v) is 20.6. The van der Waals surface area contributed by atoms with E-state index in [4.69, 9.17) is 33.3 Å². The fraction of sp³-hybridized carbons (Fsp3) is 0. The molecule has 36 heavy (non-hydrogen) atoms. The van der Waals surface area contributed by atoms with Crippen molar-refractivity contribution in [2.75, 3.05) is 0 Å². The van der Waals surface area contributed by atoms with Crippen LogP contribution in [0.25, 0.3) is 39.4 Å². The van der Waals surface area contributed by atoms with Gasteiger partial charge in [0.2, 0.25) is 5.78 Å². The van der Waals surface area contributed by atoms with Gasteiger partial charge in [0.15, 0.2) is 0 Å². The Morgan fingerprint density at radius 1 is 0.694 bits per heavy atom. The Balaban J connectivity index is 1.47. The van der Waals surface area contributed by atoms with Gasteiger partial charge in [-0.2, -0.15) is 5.10 Å². The molecule has 2 aromatic heterocycles. The second-order valence-electron chi connectivity index (χ2n) is 8.38. The van der Waals surface area contributed by atoms with E-state index < -0.39 is 0 Å². The number of hydrogen-bond acceptors (Lipinski definition) is 2. The zero-order chi connectivity index (χ0) is 24.5. The smallest absolute Gasteiger partial charge is 0.236 e. The number of hydrogen-bond donors (Lipinski definition) is 0. The van der Waals surface area contributed by atoms with Gasteiger partial charge in [0.25, 0.3) is 0 Å². The quantitative estimate of drug-likeness (QED) is 0.216. The lowest BCUT2D eigenvalue weighted by Gasteiger charge is -2.04. The summed E-state index contributed by atoms with van der Waals surface area (Å²) in [6, 6.07) is 34.3. The van der Waals surface area contributed by atoms with E-state index in [1.807, 2.05) is 83.7 Å². The molecule has 0 saturated carbocycles. The molecular formula is C30H20Cl2N4. The van der Waals surface area contributed by atoms with Crippen LogP contribution in [-0.4, -0.2) is 20.3 Å². The number of imidazole rings is 2. The van der Waals surface area contributed by atoms with E-state index in [9.17, 15) is 0 Å². The summed E-state index contributed by atoms with van der Waals surface area (Å²) in [4.78, 5) is 4.88. The normalized spacial score (nSPS) is 11.5. The van der Waals surface area contributed by atoms with Crippen LogP contribution in [0.4, 0.5) is 0 Å². The Morgan fingerprint density at radius 3 is 2.08 bits per heavy atom. The first-order chi connectivity index (χ1) is 17.7. The molecule has 0 spiro atoms. The van der Waals surface area contributed by atoms with Crippen LogP contribution >= 0.6 is 23.2 Å². The molecule has 174 valence electrons. The highest BCUT2D eigenvalue weighted by Gasteiger charge is 2.16. The van der Waals surface area contributed by atoms with Crippen LogP contribution in [0.3, 0.4) is 0 Å². The highest BCUT2D eigenvalue weighted by Crippen LogP contribution is 2.32.